The van der Waals surface area contributed by atoms with Crippen molar-refractivity contribution < 1.29 is 9.72 Å². The molecule has 2 rings (SSSR count). The van der Waals surface area contributed by atoms with E-state index in [4.69, 9.17) is 0 Å². The number of carbonyl (C=O) groups excluding carboxylic acids is 1. The Hall–Kier alpha value is -2.62. The first kappa shape index (κ1) is 14.8. The molecule has 0 bridgehead atoms. The quantitative estimate of drug-likeness (QED) is 0.644. The van der Waals surface area contributed by atoms with E-state index in [1.54, 1.807) is 0 Å². The lowest BCUT2D eigenvalue weighted by atomic mass is 10.4. The van der Waals surface area contributed by atoms with Gasteiger partial charge in [-0.3, -0.25) is 29.6 Å². The predicted molar refractivity (Wildman–Crippen MR) is 75.3 cm³/mol. The van der Waals surface area contributed by atoms with Gasteiger partial charge >= 0.3 is 0 Å². The molecule has 1 amide bonds. The molecule has 2 heterocycles. The zero-order chi connectivity index (χ0) is 15.4. The van der Waals surface area contributed by atoms with Crippen LogP contribution < -0.4 is 10.9 Å². The van der Waals surface area contributed by atoms with Crippen molar-refractivity contribution in [3.05, 3.63) is 43.8 Å². The summed E-state index contributed by atoms with van der Waals surface area (Å²) in [6.45, 7) is 1.58. The van der Waals surface area contributed by atoms with Gasteiger partial charge in [0, 0.05) is 12.1 Å². The average molecular weight is 309 g/mol. The molecule has 2 aromatic rings. The summed E-state index contributed by atoms with van der Waals surface area (Å²) in [6.07, 6.45) is 1.73. The summed E-state index contributed by atoms with van der Waals surface area (Å²) in [4.78, 5) is 33.4. The standard InChI is InChI=1S/C11H11N5O4S/c1-2-9-13-14-11(21-9)12-8(17)6-15-5-7(16(19)20)3-4-10(15)18/h3-5H,2,6H2,1H3,(H,12,14,17). The Balaban J connectivity index is 2.10. The van der Waals surface area contributed by atoms with Crippen LogP contribution in [0.3, 0.4) is 0 Å². The van der Waals surface area contributed by atoms with Gasteiger partial charge in [0.1, 0.15) is 11.6 Å². The highest BCUT2D eigenvalue weighted by Gasteiger charge is 2.12. The zero-order valence-corrected chi connectivity index (χ0v) is 11.8. The van der Waals surface area contributed by atoms with Gasteiger partial charge < -0.3 is 0 Å². The van der Waals surface area contributed by atoms with Gasteiger partial charge in [-0.15, -0.1) is 10.2 Å². The lowest BCUT2D eigenvalue weighted by Gasteiger charge is -2.04. The monoisotopic (exact) mass is 309 g/mol. The summed E-state index contributed by atoms with van der Waals surface area (Å²) in [7, 11) is 0. The molecule has 0 atom stereocenters. The van der Waals surface area contributed by atoms with Gasteiger partial charge in [0.05, 0.1) is 11.1 Å². The maximum absolute atomic E-state index is 11.8. The second kappa shape index (κ2) is 6.22. The maximum atomic E-state index is 11.8. The fourth-order valence-electron chi connectivity index (χ4n) is 1.51. The van der Waals surface area contributed by atoms with Crippen molar-refractivity contribution in [2.75, 3.05) is 5.32 Å². The maximum Gasteiger partial charge on any atom is 0.285 e. The third-order valence-corrected chi connectivity index (χ3v) is 3.49. The minimum atomic E-state index is -0.633. The normalized spacial score (nSPS) is 10.3. The topological polar surface area (TPSA) is 120 Å². The van der Waals surface area contributed by atoms with Gasteiger partial charge in [0.2, 0.25) is 11.0 Å². The number of nitrogens with zero attached hydrogens (tertiary/aromatic N) is 4. The smallest absolute Gasteiger partial charge is 0.285 e. The summed E-state index contributed by atoms with van der Waals surface area (Å²) >= 11 is 1.23. The summed E-state index contributed by atoms with van der Waals surface area (Å²) in [5, 5.41) is 21.9. The fourth-order valence-corrected chi connectivity index (χ4v) is 2.21. The van der Waals surface area contributed by atoms with E-state index < -0.39 is 16.4 Å². The Morgan fingerprint density at radius 1 is 1.48 bits per heavy atom. The molecule has 0 unspecified atom stereocenters. The van der Waals surface area contributed by atoms with Crippen LogP contribution in [0.5, 0.6) is 0 Å². The minimum Gasteiger partial charge on any atom is -0.299 e. The Morgan fingerprint density at radius 2 is 2.24 bits per heavy atom. The number of anilines is 1. The number of nitro groups is 1. The van der Waals surface area contributed by atoms with Gasteiger partial charge in [0.25, 0.3) is 11.2 Å². The van der Waals surface area contributed by atoms with Crippen LogP contribution in [0.4, 0.5) is 10.8 Å². The number of nitrogens with one attached hydrogen (secondary N) is 1. The molecule has 10 heteroatoms. The summed E-state index contributed by atoms with van der Waals surface area (Å²) in [5.41, 5.74) is -0.756. The summed E-state index contributed by atoms with van der Waals surface area (Å²) < 4.78 is 0.967. The first-order valence-corrected chi connectivity index (χ1v) is 6.78. The first-order chi connectivity index (χ1) is 9.99. The fraction of sp³-hybridized carbons (Fsp3) is 0.273. The third-order valence-electron chi connectivity index (χ3n) is 2.51. The molecule has 110 valence electrons. The number of carbonyl (C=O) groups is 1. The second-order valence-corrected chi connectivity index (χ2v) is 5.08. The molecule has 9 nitrogen and oxygen atoms in total. The van der Waals surface area contributed by atoms with Crippen molar-refractivity contribution >= 4 is 28.1 Å². The largest absolute Gasteiger partial charge is 0.299 e. The van der Waals surface area contributed by atoms with E-state index in [0.29, 0.717) is 11.6 Å². The molecular formula is C11H11N5O4S. The van der Waals surface area contributed by atoms with Gasteiger partial charge in [-0.25, -0.2) is 0 Å². The van der Waals surface area contributed by atoms with E-state index in [9.17, 15) is 19.7 Å². The lowest BCUT2D eigenvalue weighted by Crippen LogP contribution is -2.26. The SMILES string of the molecule is CCc1nnc(NC(=O)Cn2cc([N+](=O)[O-])ccc2=O)s1. The summed E-state index contributed by atoms with van der Waals surface area (Å²) in [6, 6.07) is 2.14. The highest BCUT2D eigenvalue weighted by molar-refractivity contribution is 7.15. The highest BCUT2D eigenvalue weighted by Crippen LogP contribution is 2.15. The predicted octanol–water partition coefficient (Wildman–Crippen LogP) is 0.809. The van der Waals surface area contributed by atoms with E-state index in [1.165, 1.54) is 11.3 Å². The highest BCUT2D eigenvalue weighted by atomic mass is 32.1. The number of aromatic nitrogens is 3. The van der Waals surface area contributed by atoms with E-state index in [-0.39, 0.29) is 12.2 Å². The Morgan fingerprint density at radius 3 is 2.86 bits per heavy atom. The Labute approximate surface area is 122 Å². The van der Waals surface area contributed by atoms with Crippen LogP contribution >= 0.6 is 11.3 Å². The zero-order valence-electron chi connectivity index (χ0n) is 11.0. The molecule has 0 aliphatic carbocycles. The molecule has 0 aromatic carbocycles. The van der Waals surface area contributed by atoms with Crippen LogP contribution in [-0.4, -0.2) is 25.6 Å². The molecular weight excluding hydrogens is 298 g/mol. The number of pyridine rings is 1. The molecule has 2 aromatic heterocycles. The number of hydrogen-bond donors (Lipinski definition) is 1. The molecule has 0 saturated heterocycles. The molecule has 0 saturated carbocycles. The van der Waals surface area contributed by atoms with E-state index in [2.05, 4.69) is 15.5 Å². The van der Waals surface area contributed by atoms with Gasteiger partial charge in [-0.2, -0.15) is 0 Å². The van der Waals surface area contributed by atoms with E-state index in [0.717, 1.165) is 27.9 Å². The average Bonchev–Trinajstić information content (AvgIpc) is 2.88. The van der Waals surface area contributed by atoms with Crippen molar-refractivity contribution in [3.63, 3.8) is 0 Å². The molecule has 1 N–H and O–H groups in total. The van der Waals surface area contributed by atoms with Crippen LogP contribution in [0.15, 0.2) is 23.1 Å². The van der Waals surface area contributed by atoms with Crippen molar-refractivity contribution in [1.29, 1.82) is 0 Å². The number of aryl methyl sites for hydroxylation is 1. The molecule has 0 aliphatic rings. The molecule has 0 aliphatic heterocycles. The van der Waals surface area contributed by atoms with Crippen LogP contribution in [0, 0.1) is 10.1 Å². The van der Waals surface area contributed by atoms with Crippen LogP contribution in [0.25, 0.3) is 0 Å². The van der Waals surface area contributed by atoms with Crippen molar-refractivity contribution in [1.82, 2.24) is 14.8 Å². The van der Waals surface area contributed by atoms with Crippen LogP contribution in [0.1, 0.15) is 11.9 Å². The number of amides is 1. The van der Waals surface area contributed by atoms with Crippen molar-refractivity contribution in [2.45, 2.75) is 19.9 Å². The van der Waals surface area contributed by atoms with Crippen LogP contribution in [0.2, 0.25) is 0 Å². The van der Waals surface area contributed by atoms with Crippen molar-refractivity contribution in [2.24, 2.45) is 0 Å². The minimum absolute atomic E-state index is 0.258. The number of rotatable bonds is 5. The van der Waals surface area contributed by atoms with Gasteiger partial charge in [-0.1, -0.05) is 18.3 Å². The number of hydrogen-bond acceptors (Lipinski definition) is 7. The van der Waals surface area contributed by atoms with E-state index in [1.807, 2.05) is 6.92 Å². The van der Waals surface area contributed by atoms with Crippen LogP contribution in [-0.2, 0) is 17.8 Å². The first-order valence-electron chi connectivity index (χ1n) is 5.96. The van der Waals surface area contributed by atoms with E-state index >= 15 is 0 Å². The molecule has 0 fully saturated rings. The van der Waals surface area contributed by atoms with Gasteiger partial charge in [-0.05, 0) is 6.42 Å². The molecule has 0 radical (unpaired) electrons. The van der Waals surface area contributed by atoms with Crippen molar-refractivity contribution in [3.8, 4) is 0 Å². The van der Waals surface area contributed by atoms with Gasteiger partial charge in [0.15, 0.2) is 0 Å². The Kier molecular flexibility index (Phi) is 4.38. The summed E-state index contributed by atoms with van der Waals surface area (Å²) in [5.74, 6) is -0.503. The second-order valence-electron chi connectivity index (χ2n) is 4.01. The lowest BCUT2D eigenvalue weighted by molar-refractivity contribution is -0.385. The Bertz CT molecular complexity index is 738. The third kappa shape index (κ3) is 3.69. The molecule has 0 spiro atoms. The molecule has 21 heavy (non-hydrogen) atoms.